The van der Waals surface area contributed by atoms with Crippen molar-refractivity contribution >= 4 is 49.9 Å². The van der Waals surface area contributed by atoms with Gasteiger partial charge in [0, 0.05) is 29.7 Å². The number of benzene rings is 2. The SMILES string of the molecule is Cc1ccc(NC(=O)C2CCN(c3nc4ccccc4s3)CC2)cc1Cl. The van der Waals surface area contributed by atoms with Crippen molar-refractivity contribution in [3.05, 3.63) is 53.1 Å². The van der Waals surface area contributed by atoms with E-state index >= 15 is 0 Å². The average molecular weight is 386 g/mol. The van der Waals surface area contributed by atoms with Crippen LogP contribution < -0.4 is 10.2 Å². The summed E-state index contributed by atoms with van der Waals surface area (Å²) in [4.78, 5) is 19.6. The van der Waals surface area contributed by atoms with Crippen molar-refractivity contribution in [2.75, 3.05) is 23.3 Å². The minimum Gasteiger partial charge on any atom is -0.348 e. The van der Waals surface area contributed by atoms with Gasteiger partial charge >= 0.3 is 0 Å². The minimum atomic E-state index is 0.0284. The van der Waals surface area contributed by atoms with E-state index in [4.69, 9.17) is 16.6 Å². The normalized spacial score (nSPS) is 15.4. The van der Waals surface area contributed by atoms with Crippen molar-refractivity contribution in [3.63, 3.8) is 0 Å². The highest BCUT2D eigenvalue weighted by molar-refractivity contribution is 7.22. The molecule has 1 N–H and O–H groups in total. The van der Waals surface area contributed by atoms with Gasteiger partial charge in [-0.1, -0.05) is 41.1 Å². The Kier molecular flexibility index (Phi) is 4.83. The fraction of sp³-hybridized carbons (Fsp3) is 0.300. The third kappa shape index (κ3) is 3.55. The summed E-state index contributed by atoms with van der Waals surface area (Å²) in [6, 6.07) is 13.8. The van der Waals surface area contributed by atoms with Crippen molar-refractivity contribution in [2.24, 2.45) is 5.92 Å². The molecule has 1 aliphatic rings. The van der Waals surface area contributed by atoms with Gasteiger partial charge in [0.25, 0.3) is 0 Å². The van der Waals surface area contributed by atoms with Crippen molar-refractivity contribution in [1.29, 1.82) is 0 Å². The topological polar surface area (TPSA) is 45.2 Å². The predicted molar refractivity (Wildman–Crippen MR) is 109 cm³/mol. The van der Waals surface area contributed by atoms with Crippen LogP contribution in [0.4, 0.5) is 10.8 Å². The quantitative estimate of drug-likeness (QED) is 0.681. The number of hydrogen-bond acceptors (Lipinski definition) is 4. The van der Waals surface area contributed by atoms with Crippen LogP contribution in [0.3, 0.4) is 0 Å². The standard InChI is InChI=1S/C20H20ClN3OS/c1-13-6-7-15(12-16(13)21)22-19(25)14-8-10-24(11-9-14)20-23-17-4-2-3-5-18(17)26-20/h2-7,12,14H,8-11H2,1H3,(H,22,25). The summed E-state index contributed by atoms with van der Waals surface area (Å²) in [6.07, 6.45) is 1.67. The number of nitrogens with zero attached hydrogens (tertiary/aromatic N) is 2. The Labute approximate surface area is 161 Å². The fourth-order valence-electron chi connectivity index (χ4n) is 3.24. The molecule has 134 valence electrons. The Hall–Kier alpha value is -2.11. The van der Waals surface area contributed by atoms with Crippen LogP contribution in [0, 0.1) is 12.8 Å². The van der Waals surface area contributed by atoms with E-state index in [1.165, 1.54) is 4.70 Å². The molecule has 0 radical (unpaired) electrons. The number of thiazole rings is 1. The molecule has 0 bridgehead atoms. The van der Waals surface area contributed by atoms with Crippen LogP contribution in [-0.2, 0) is 4.79 Å². The number of amides is 1. The van der Waals surface area contributed by atoms with Gasteiger partial charge in [-0.25, -0.2) is 4.98 Å². The molecule has 1 saturated heterocycles. The highest BCUT2D eigenvalue weighted by Gasteiger charge is 2.26. The van der Waals surface area contributed by atoms with Gasteiger partial charge in [0.1, 0.15) is 0 Å². The van der Waals surface area contributed by atoms with E-state index < -0.39 is 0 Å². The molecule has 3 aromatic rings. The number of hydrogen-bond donors (Lipinski definition) is 1. The van der Waals surface area contributed by atoms with Crippen LogP contribution in [0.15, 0.2) is 42.5 Å². The molecule has 1 fully saturated rings. The highest BCUT2D eigenvalue weighted by Crippen LogP contribution is 2.31. The van der Waals surface area contributed by atoms with Gasteiger partial charge in [-0.2, -0.15) is 0 Å². The van der Waals surface area contributed by atoms with E-state index in [0.717, 1.165) is 47.8 Å². The number of anilines is 2. The molecule has 0 aliphatic carbocycles. The van der Waals surface area contributed by atoms with E-state index in [-0.39, 0.29) is 11.8 Å². The maximum atomic E-state index is 12.6. The largest absolute Gasteiger partial charge is 0.348 e. The monoisotopic (exact) mass is 385 g/mol. The molecule has 1 amide bonds. The number of aromatic nitrogens is 1. The lowest BCUT2D eigenvalue weighted by molar-refractivity contribution is -0.120. The Bertz CT molecular complexity index is 914. The van der Waals surface area contributed by atoms with Gasteiger partial charge < -0.3 is 10.2 Å². The lowest BCUT2D eigenvalue weighted by atomic mass is 9.96. The third-order valence-electron chi connectivity index (χ3n) is 4.86. The molecule has 4 nitrogen and oxygen atoms in total. The smallest absolute Gasteiger partial charge is 0.227 e. The van der Waals surface area contributed by atoms with Crippen molar-refractivity contribution in [1.82, 2.24) is 4.98 Å². The zero-order valence-electron chi connectivity index (χ0n) is 14.5. The number of para-hydroxylation sites is 1. The van der Waals surface area contributed by atoms with Crippen molar-refractivity contribution in [3.8, 4) is 0 Å². The number of halogens is 1. The molecule has 0 saturated carbocycles. The predicted octanol–water partition coefficient (Wildman–Crippen LogP) is 5.11. The molecule has 2 aromatic carbocycles. The molecule has 2 heterocycles. The summed E-state index contributed by atoms with van der Waals surface area (Å²) in [5.74, 6) is 0.106. The number of aryl methyl sites for hydroxylation is 1. The molecule has 1 aromatic heterocycles. The minimum absolute atomic E-state index is 0.0284. The van der Waals surface area contributed by atoms with Crippen LogP contribution in [0.5, 0.6) is 0 Å². The lowest BCUT2D eigenvalue weighted by Crippen LogP contribution is -2.38. The molecule has 1 aliphatic heterocycles. The number of fused-ring (bicyclic) bond motifs is 1. The first kappa shape index (κ1) is 17.3. The summed E-state index contributed by atoms with van der Waals surface area (Å²) in [5.41, 5.74) is 2.82. The second kappa shape index (κ2) is 7.25. The van der Waals surface area contributed by atoms with Crippen LogP contribution >= 0.6 is 22.9 Å². The Morgan fingerprint density at radius 2 is 2.00 bits per heavy atom. The lowest BCUT2D eigenvalue weighted by Gasteiger charge is -2.31. The molecule has 4 rings (SSSR count). The van der Waals surface area contributed by atoms with Gasteiger partial charge in [0.2, 0.25) is 5.91 Å². The average Bonchev–Trinajstić information content (AvgIpc) is 3.09. The first-order chi connectivity index (χ1) is 12.6. The van der Waals surface area contributed by atoms with Crippen LogP contribution in [-0.4, -0.2) is 24.0 Å². The Morgan fingerprint density at radius 1 is 1.23 bits per heavy atom. The molecule has 0 atom stereocenters. The first-order valence-corrected chi connectivity index (χ1v) is 9.97. The Balaban J connectivity index is 1.38. The van der Waals surface area contributed by atoms with Gasteiger partial charge in [-0.05, 0) is 49.6 Å². The number of rotatable bonds is 3. The highest BCUT2D eigenvalue weighted by atomic mass is 35.5. The number of carbonyl (C=O) groups excluding carboxylic acids is 1. The summed E-state index contributed by atoms with van der Waals surface area (Å²) in [7, 11) is 0. The molecule has 6 heteroatoms. The summed E-state index contributed by atoms with van der Waals surface area (Å²) in [5, 5.41) is 4.73. The van der Waals surface area contributed by atoms with Gasteiger partial charge in [0.05, 0.1) is 10.2 Å². The number of carbonyl (C=O) groups is 1. The zero-order valence-corrected chi connectivity index (χ0v) is 16.1. The van der Waals surface area contributed by atoms with Crippen LogP contribution in [0.1, 0.15) is 18.4 Å². The third-order valence-corrected chi connectivity index (χ3v) is 6.36. The first-order valence-electron chi connectivity index (χ1n) is 8.78. The van der Waals surface area contributed by atoms with Gasteiger partial charge in [-0.15, -0.1) is 0 Å². The maximum absolute atomic E-state index is 12.6. The second-order valence-corrected chi connectivity index (χ2v) is 8.09. The van der Waals surface area contributed by atoms with Gasteiger partial charge in [0.15, 0.2) is 5.13 Å². The number of nitrogens with one attached hydrogen (secondary N) is 1. The van der Waals surface area contributed by atoms with Gasteiger partial charge in [-0.3, -0.25) is 4.79 Å². The van der Waals surface area contributed by atoms with Crippen molar-refractivity contribution in [2.45, 2.75) is 19.8 Å². The van der Waals surface area contributed by atoms with Crippen LogP contribution in [0.25, 0.3) is 10.2 Å². The second-order valence-electron chi connectivity index (χ2n) is 6.68. The molecular weight excluding hydrogens is 366 g/mol. The van der Waals surface area contributed by atoms with Crippen molar-refractivity contribution < 1.29 is 4.79 Å². The Morgan fingerprint density at radius 3 is 2.73 bits per heavy atom. The van der Waals surface area contributed by atoms with E-state index in [1.807, 2.05) is 43.3 Å². The zero-order chi connectivity index (χ0) is 18.1. The van der Waals surface area contributed by atoms with E-state index in [9.17, 15) is 4.79 Å². The summed E-state index contributed by atoms with van der Waals surface area (Å²) < 4.78 is 1.21. The van der Waals surface area contributed by atoms with E-state index in [2.05, 4.69) is 16.3 Å². The summed E-state index contributed by atoms with van der Waals surface area (Å²) in [6.45, 7) is 3.66. The maximum Gasteiger partial charge on any atom is 0.227 e. The number of piperidine rings is 1. The van der Waals surface area contributed by atoms with E-state index in [1.54, 1.807) is 11.3 Å². The molecule has 26 heavy (non-hydrogen) atoms. The van der Waals surface area contributed by atoms with Crippen LogP contribution in [0.2, 0.25) is 5.02 Å². The van der Waals surface area contributed by atoms with E-state index in [0.29, 0.717) is 5.02 Å². The fourth-order valence-corrected chi connectivity index (χ4v) is 4.44. The molecular formula is C20H20ClN3OS. The molecule has 0 spiro atoms. The molecule has 0 unspecified atom stereocenters. The summed E-state index contributed by atoms with van der Waals surface area (Å²) >= 11 is 7.86.